The summed E-state index contributed by atoms with van der Waals surface area (Å²) in [6.45, 7) is 5.02. The lowest BCUT2D eigenvalue weighted by Crippen LogP contribution is -2.51. The topological polar surface area (TPSA) is 69.0 Å². The van der Waals surface area contributed by atoms with Gasteiger partial charge in [-0.25, -0.2) is 4.79 Å². The molecule has 0 spiro atoms. The van der Waals surface area contributed by atoms with E-state index in [0.29, 0.717) is 31.9 Å². The van der Waals surface area contributed by atoms with E-state index in [0.717, 1.165) is 42.4 Å². The molecule has 2 fully saturated rings. The molecular formula is C21H26N4O3S. The van der Waals surface area contributed by atoms with Gasteiger partial charge in [-0.1, -0.05) is 18.2 Å². The molecule has 0 aliphatic carbocycles. The summed E-state index contributed by atoms with van der Waals surface area (Å²) in [7, 11) is 0. The van der Waals surface area contributed by atoms with Gasteiger partial charge in [0.2, 0.25) is 0 Å². The summed E-state index contributed by atoms with van der Waals surface area (Å²) in [6, 6.07) is 11.3. The Morgan fingerprint density at radius 1 is 0.931 bits per heavy atom. The first-order valence-corrected chi connectivity index (χ1v) is 11.1. The van der Waals surface area contributed by atoms with E-state index < -0.39 is 0 Å². The molecule has 2 aromatic rings. The van der Waals surface area contributed by atoms with Crippen molar-refractivity contribution in [3.63, 3.8) is 0 Å². The minimum Gasteiger partial charge on any atom is -0.459 e. The van der Waals surface area contributed by atoms with Crippen LogP contribution in [0.25, 0.3) is 0 Å². The fraction of sp³-hybridized carbons (Fsp3) is 0.429. The first kappa shape index (κ1) is 19.8. The van der Waals surface area contributed by atoms with Crippen molar-refractivity contribution < 1.29 is 14.0 Å². The van der Waals surface area contributed by atoms with Gasteiger partial charge in [-0.2, -0.15) is 11.8 Å². The quantitative estimate of drug-likeness (QED) is 0.833. The molecule has 7 nitrogen and oxygen atoms in total. The molecule has 0 atom stereocenters. The van der Waals surface area contributed by atoms with Crippen LogP contribution in [-0.2, 0) is 6.54 Å². The van der Waals surface area contributed by atoms with E-state index in [-0.39, 0.29) is 11.9 Å². The second kappa shape index (κ2) is 9.37. The predicted octanol–water partition coefficient (Wildman–Crippen LogP) is 2.82. The highest BCUT2D eigenvalue weighted by Gasteiger charge is 2.26. The molecular weight excluding hydrogens is 388 g/mol. The second-order valence-electron chi connectivity index (χ2n) is 7.23. The van der Waals surface area contributed by atoms with Crippen molar-refractivity contribution in [2.24, 2.45) is 0 Å². The molecule has 3 amide bonds. The number of nitrogens with zero attached hydrogens (tertiary/aromatic N) is 3. The maximum absolute atomic E-state index is 12.8. The van der Waals surface area contributed by atoms with Crippen LogP contribution in [0.15, 0.2) is 47.1 Å². The lowest BCUT2D eigenvalue weighted by atomic mass is 10.1. The molecule has 0 radical (unpaired) electrons. The molecule has 2 aliphatic heterocycles. The first-order chi connectivity index (χ1) is 14.2. The number of carbonyl (C=O) groups excluding carboxylic acids is 2. The number of amides is 3. The van der Waals surface area contributed by atoms with Gasteiger partial charge in [0.1, 0.15) is 0 Å². The van der Waals surface area contributed by atoms with Crippen LogP contribution in [0.4, 0.5) is 10.5 Å². The van der Waals surface area contributed by atoms with Gasteiger partial charge in [0.05, 0.1) is 6.26 Å². The Balaban J connectivity index is 1.32. The molecule has 3 heterocycles. The summed E-state index contributed by atoms with van der Waals surface area (Å²) in [5.41, 5.74) is 2.00. The summed E-state index contributed by atoms with van der Waals surface area (Å²) in [6.07, 6.45) is 1.50. The highest BCUT2D eigenvalue weighted by Crippen LogP contribution is 2.20. The molecule has 0 saturated carbocycles. The maximum Gasteiger partial charge on any atom is 0.321 e. The molecule has 1 N–H and O–H groups in total. The number of rotatable bonds is 4. The Bertz CT molecular complexity index is 828. The fourth-order valence-electron chi connectivity index (χ4n) is 3.64. The van der Waals surface area contributed by atoms with Gasteiger partial charge in [0.15, 0.2) is 5.76 Å². The summed E-state index contributed by atoms with van der Waals surface area (Å²) < 4.78 is 5.19. The molecule has 0 bridgehead atoms. The van der Waals surface area contributed by atoms with Gasteiger partial charge < -0.3 is 19.5 Å². The molecule has 8 heteroatoms. The Hall–Kier alpha value is -2.45. The third-order valence-electron chi connectivity index (χ3n) is 5.34. The summed E-state index contributed by atoms with van der Waals surface area (Å²) in [4.78, 5) is 31.1. The molecule has 29 heavy (non-hydrogen) atoms. The number of nitrogens with one attached hydrogen (secondary N) is 1. The highest BCUT2D eigenvalue weighted by molar-refractivity contribution is 7.99. The van der Waals surface area contributed by atoms with Crippen molar-refractivity contribution in [2.45, 2.75) is 6.54 Å². The maximum atomic E-state index is 12.8. The van der Waals surface area contributed by atoms with Crippen LogP contribution in [0.2, 0.25) is 0 Å². The number of hydrogen-bond acceptors (Lipinski definition) is 5. The Morgan fingerprint density at radius 3 is 2.38 bits per heavy atom. The lowest BCUT2D eigenvalue weighted by Gasteiger charge is -2.34. The average molecular weight is 415 g/mol. The molecule has 1 aromatic heterocycles. The van der Waals surface area contributed by atoms with Crippen molar-refractivity contribution in [3.8, 4) is 0 Å². The number of piperazine rings is 1. The van der Waals surface area contributed by atoms with E-state index in [1.54, 1.807) is 21.9 Å². The second-order valence-corrected chi connectivity index (χ2v) is 8.46. The third kappa shape index (κ3) is 4.94. The van der Waals surface area contributed by atoms with Gasteiger partial charge in [-0.05, 0) is 23.8 Å². The van der Waals surface area contributed by atoms with Gasteiger partial charge in [0.25, 0.3) is 5.91 Å². The Kier molecular flexibility index (Phi) is 6.41. The molecule has 4 rings (SSSR count). The summed E-state index contributed by atoms with van der Waals surface area (Å²) in [5.74, 6) is 2.54. The number of thioether (sulfide) groups is 1. The minimum atomic E-state index is -0.125. The van der Waals surface area contributed by atoms with Crippen molar-refractivity contribution in [1.29, 1.82) is 0 Å². The van der Waals surface area contributed by atoms with Crippen molar-refractivity contribution in [1.82, 2.24) is 14.7 Å². The van der Waals surface area contributed by atoms with Crippen LogP contribution < -0.4 is 5.32 Å². The highest BCUT2D eigenvalue weighted by atomic mass is 32.2. The van der Waals surface area contributed by atoms with Gasteiger partial charge in [0, 0.05) is 63.0 Å². The number of benzene rings is 1. The fourth-order valence-corrected chi connectivity index (χ4v) is 4.62. The van der Waals surface area contributed by atoms with E-state index >= 15 is 0 Å². The SMILES string of the molecule is O=C(Nc1ccccc1CN1CCSCC1)N1CCN(C(=O)c2ccco2)CC1. The zero-order valence-corrected chi connectivity index (χ0v) is 17.2. The van der Waals surface area contributed by atoms with Gasteiger partial charge in [-0.15, -0.1) is 0 Å². The van der Waals surface area contributed by atoms with Crippen molar-refractivity contribution >= 4 is 29.4 Å². The largest absolute Gasteiger partial charge is 0.459 e. The first-order valence-electron chi connectivity index (χ1n) is 9.97. The zero-order valence-electron chi connectivity index (χ0n) is 16.4. The van der Waals surface area contributed by atoms with Crippen LogP contribution in [0.1, 0.15) is 16.1 Å². The van der Waals surface area contributed by atoms with E-state index in [1.165, 1.54) is 6.26 Å². The molecule has 1 aromatic carbocycles. The minimum absolute atomic E-state index is 0.114. The number of anilines is 1. The Morgan fingerprint density at radius 2 is 1.66 bits per heavy atom. The molecule has 154 valence electrons. The summed E-state index contributed by atoms with van der Waals surface area (Å²) in [5, 5.41) is 3.07. The molecule has 0 unspecified atom stereocenters. The third-order valence-corrected chi connectivity index (χ3v) is 6.29. The number of hydrogen-bond donors (Lipinski definition) is 1. The zero-order chi connectivity index (χ0) is 20.1. The van der Waals surface area contributed by atoms with E-state index in [2.05, 4.69) is 16.3 Å². The molecule has 2 aliphatic rings. The van der Waals surface area contributed by atoms with E-state index in [4.69, 9.17) is 4.42 Å². The van der Waals surface area contributed by atoms with Crippen LogP contribution in [0.3, 0.4) is 0 Å². The van der Waals surface area contributed by atoms with Gasteiger partial charge >= 0.3 is 6.03 Å². The molecule has 2 saturated heterocycles. The van der Waals surface area contributed by atoms with Gasteiger partial charge in [-0.3, -0.25) is 9.69 Å². The van der Waals surface area contributed by atoms with Crippen molar-refractivity contribution in [2.75, 3.05) is 56.1 Å². The van der Waals surface area contributed by atoms with Crippen LogP contribution in [0, 0.1) is 0 Å². The standard InChI is InChI=1S/C21H26N4O3S/c26-20(19-6-3-13-28-19)24-7-9-25(10-8-24)21(27)22-18-5-2-1-4-17(18)16-23-11-14-29-15-12-23/h1-6,13H,7-12,14-16H2,(H,22,27). The van der Waals surface area contributed by atoms with Crippen LogP contribution in [0.5, 0.6) is 0 Å². The normalized spacial score (nSPS) is 17.9. The Labute approximate surface area is 175 Å². The summed E-state index contributed by atoms with van der Waals surface area (Å²) >= 11 is 1.99. The smallest absolute Gasteiger partial charge is 0.321 e. The van der Waals surface area contributed by atoms with Crippen LogP contribution in [-0.4, -0.2) is 77.4 Å². The van der Waals surface area contributed by atoms with Crippen LogP contribution >= 0.6 is 11.8 Å². The predicted molar refractivity (Wildman–Crippen MR) is 114 cm³/mol. The number of para-hydroxylation sites is 1. The lowest BCUT2D eigenvalue weighted by molar-refractivity contribution is 0.0640. The average Bonchev–Trinajstić information content (AvgIpc) is 3.30. The number of urea groups is 1. The number of furan rings is 1. The number of carbonyl (C=O) groups is 2. The monoisotopic (exact) mass is 414 g/mol. The van der Waals surface area contributed by atoms with Crippen molar-refractivity contribution in [3.05, 3.63) is 54.0 Å². The van der Waals surface area contributed by atoms with E-state index in [1.807, 2.05) is 30.0 Å². The van der Waals surface area contributed by atoms with E-state index in [9.17, 15) is 9.59 Å².